The Kier molecular flexibility index (Phi) is 12.3. The summed E-state index contributed by atoms with van der Waals surface area (Å²) in [4.78, 5) is 44.3. The van der Waals surface area contributed by atoms with Crippen LogP contribution in [-0.4, -0.2) is 113 Å². The molecule has 352 valence electrons. The molecule has 0 bridgehead atoms. The number of piperazine rings is 2. The molecule has 4 aliphatic heterocycles. The first-order valence-corrected chi connectivity index (χ1v) is 24.1. The summed E-state index contributed by atoms with van der Waals surface area (Å²) in [6.07, 6.45) is 3.48. The zero-order valence-electron chi connectivity index (χ0n) is 39.9. The molecule has 0 spiro atoms. The van der Waals surface area contributed by atoms with Gasteiger partial charge in [-0.25, -0.2) is 9.97 Å². The first-order chi connectivity index (χ1) is 34.7. The molecule has 0 amide bonds. The maximum Gasteiger partial charge on any atom is 0.270 e. The molecule has 13 rings (SSSR count). The number of fused-ring (bicyclic) bond motifs is 5. The first kappa shape index (κ1) is 45.0. The second-order valence-electron chi connectivity index (χ2n) is 18.6. The van der Waals surface area contributed by atoms with Gasteiger partial charge in [0, 0.05) is 87.5 Å². The van der Waals surface area contributed by atoms with Gasteiger partial charge in [0.25, 0.3) is 5.82 Å². The minimum atomic E-state index is 0.453. The van der Waals surface area contributed by atoms with E-state index in [1.54, 1.807) is 6.07 Å². The number of hydrogen-bond donors (Lipinski definition) is 3. The van der Waals surface area contributed by atoms with Gasteiger partial charge in [-0.3, -0.25) is 15.0 Å². The number of aromatic nitrogens is 5. The largest absolute Gasteiger partial charge is 0.397 e. The van der Waals surface area contributed by atoms with Crippen LogP contribution in [0.1, 0.15) is 22.4 Å². The third-order valence-electron chi connectivity index (χ3n) is 13.7. The lowest BCUT2D eigenvalue weighted by Gasteiger charge is -2.34. The number of rotatable bonds is 5. The Morgan fingerprint density at radius 2 is 1.17 bits per heavy atom. The molecule has 4 aliphatic rings. The van der Waals surface area contributed by atoms with Crippen LogP contribution in [0.5, 0.6) is 0 Å². The van der Waals surface area contributed by atoms with Gasteiger partial charge in [0.05, 0.1) is 62.4 Å². The molecule has 2 saturated heterocycles. The van der Waals surface area contributed by atoms with E-state index in [1.165, 1.54) is 28.1 Å². The van der Waals surface area contributed by atoms with Gasteiger partial charge in [0.2, 0.25) is 0 Å². The highest BCUT2D eigenvalue weighted by atomic mass is 15.3. The number of imidazole rings is 1. The Hall–Kier alpha value is -8.51. The van der Waals surface area contributed by atoms with Crippen molar-refractivity contribution in [3.63, 3.8) is 0 Å². The average Bonchev–Trinajstić information content (AvgIpc) is 4.17. The van der Waals surface area contributed by atoms with Gasteiger partial charge in [-0.2, -0.15) is 0 Å². The van der Waals surface area contributed by atoms with Crippen LogP contribution < -0.4 is 21.3 Å². The fourth-order valence-electron chi connectivity index (χ4n) is 9.48. The minimum absolute atomic E-state index is 0.453. The smallest absolute Gasteiger partial charge is 0.270 e. The molecule has 2 fully saturated rings. The number of para-hydroxylation sites is 3. The highest BCUT2D eigenvalue weighted by Gasteiger charge is 2.23. The number of benzene rings is 6. The highest BCUT2D eigenvalue weighted by molar-refractivity contribution is 6.09. The molecule has 14 heteroatoms. The molecular weight excluding hydrogens is 881 g/mol. The Labute approximate surface area is 412 Å². The molecular formula is C57H54N14. The molecule has 6 aromatic carbocycles. The summed E-state index contributed by atoms with van der Waals surface area (Å²) >= 11 is 0. The van der Waals surface area contributed by atoms with Crippen molar-refractivity contribution in [1.29, 1.82) is 0 Å². The molecule has 3 aromatic heterocycles. The standard InChI is InChI=1S/C29H26N6.C18H22N6.C10H6N2/c1-34-10-12-35(13-11-34)22-7-9-24-21(15-22)16-27(31-24)19-6-8-23-20(14-19)17-28(32-23)29-18-30-25-4-2-3-5-26(25)33-29;1-23-6-8-24(9-7-23)13-3-5-16-17(11-13)22-18(21-16)12-2-4-14(19)15(20)10-12;1-11-10-7-6-8-4-2-3-5-9(8)12-10/h2-9,14-15,18H,10-13,16-17H2,1H3;2-5,10-11H,6-9,19-20H2,1H3,(H,21,22);2-7H. The summed E-state index contributed by atoms with van der Waals surface area (Å²) in [5.74, 6) is 1.26. The minimum Gasteiger partial charge on any atom is -0.397 e. The molecule has 0 atom stereocenters. The van der Waals surface area contributed by atoms with Crippen molar-refractivity contribution >= 4 is 84.3 Å². The third kappa shape index (κ3) is 9.74. The maximum atomic E-state index is 6.78. The molecule has 0 saturated carbocycles. The van der Waals surface area contributed by atoms with Gasteiger partial charge in [-0.05, 0) is 122 Å². The van der Waals surface area contributed by atoms with Crippen molar-refractivity contribution in [3.05, 3.63) is 173 Å². The van der Waals surface area contributed by atoms with Gasteiger partial charge in [0.1, 0.15) is 11.5 Å². The predicted molar refractivity (Wildman–Crippen MR) is 290 cm³/mol. The number of H-pyrrole nitrogens is 1. The molecule has 0 unspecified atom stereocenters. The van der Waals surface area contributed by atoms with Crippen LogP contribution in [0.2, 0.25) is 0 Å². The summed E-state index contributed by atoms with van der Waals surface area (Å²) < 4.78 is 0. The zero-order valence-corrected chi connectivity index (χ0v) is 39.9. The first-order valence-electron chi connectivity index (χ1n) is 24.1. The number of anilines is 4. The lowest BCUT2D eigenvalue weighted by atomic mass is 9.99. The van der Waals surface area contributed by atoms with E-state index in [-0.39, 0.29) is 0 Å². The van der Waals surface area contributed by atoms with Gasteiger partial charge >= 0.3 is 0 Å². The van der Waals surface area contributed by atoms with Crippen LogP contribution in [0.25, 0.3) is 49.2 Å². The van der Waals surface area contributed by atoms with Crippen LogP contribution in [-0.2, 0) is 12.8 Å². The van der Waals surface area contributed by atoms with E-state index in [0.29, 0.717) is 17.2 Å². The number of aliphatic imine (C=N–C) groups is 2. The van der Waals surface area contributed by atoms with Gasteiger partial charge in [-0.15, -0.1) is 4.98 Å². The number of aromatic amines is 1. The molecule has 0 radical (unpaired) electrons. The monoisotopic (exact) mass is 934 g/mol. The van der Waals surface area contributed by atoms with Crippen LogP contribution in [0.3, 0.4) is 0 Å². The highest BCUT2D eigenvalue weighted by Crippen LogP contribution is 2.36. The van der Waals surface area contributed by atoms with Crippen LogP contribution in [0.15, 0.2) is 150 Å². The summed E-state index contributed by atoms with van der Waals surface area (Å²) in [7, 11) is 4.36. The van der Waals surface area contributed by atoms with E-state index in [0.717, 1.165) is 138 Å². The Bertz CT molecular complexity index is 3550. The summed E-state index contributed by atoms with van der Waals surface area (Å²) in [5, 5.41) is 1.07. The molecule has 71 heavy (non-hydrogen) atoms. The van der Waals surface area contributed by atoms with Crippen molar-refractivity contribution in [2.75, 3.05) is 87.7 Å². The van der Waals surface area contributed by atoms with Crippen molar-refractivity contribution in [2.45, 2.75) is 12.8 Å². The lowest BCUT2D eigenvalue weighted by Crippen LogP contribution is -2.44. The zero-order chi connectivity index (χ0) is 48.4. The second kappa shape index (κ2) is 19.5. The maximum absolute atomic E-state index is 6.78. The van der Waals surface area contributed by atoms with Crippen molar-refractivity contribution in [2.24, 2.45) is 9.98 Å². The Balaban J connectivity index is 0.000000131. The van der Waals surface area contributed by atoms with Crippen molar-refractivity contribution < 1.29 is 0 Å². The second-order valence-corrected chi connectivity index (χ2v) is 18.6. The molecule has 5 N–H and O–H groups in total. The number of nitrogen functional groups attached to an aromatic ring is 2. The molecule has 14 nitrogen and oxygen atoms in total. The summed E-state index contributed by atoms with van der Waals surface area (Å²) in [6, 6.07) is 44.7. The van der Waals surface area contributed by atoms with Gasteiger partial charge in [-0.1, -0.05) is 49.0 Å². The number of nitrogens with one attached hydrogen (secondary N) is 1. The van der Waals surface area contributed by atoms with Gasteiger partial charge < -0.3 is 40.9 Å². The normalized spacial score (nSPS) is 15.6. The van der Waals surface area contributed by atoms with E-state index in [9.17, 15) is 0 Å². The number of nitrogens with two attached hydrogens (primary N) is 2. The van der Waals surface area contributed by atoms with Crippen LogP contribution >= 0.6 is 0 Å². The van der Waals surface area contributed by atoms with Crippen LogP contribution in [0, 0.1) is 6.57 Å². The Morgan fingerprint density at radius 1 is 0.535 bits per heavy atom. The van der Waals surface area contributed by atoms with Gasteiger partial charge in [0.15, 0.2) is 5.52 Å². The molecule has 0 aliphatic carbocycles. The predicted octanol–water partition coefficient (Wildman–Crippen LogP) is 9.67. The van der Waals surface area contributed by atoms with Crippen LogP contribution in [0.4, 0.5) is 39.9 Å². The quantitative estimate of drug-likeness (QED) is 0.112. The van der Waals surface area contributed by atoms with E-state index < -0.39 is 0 Å². The average molecular weight is 935 g/mol. The summed E-state index contributed by atoms with van der Waals surface area (Å²) in [5.41, 5.74) is 29.9. The van der Waals surface area contributed by atoms with Crippen molar-refractivity contribution in [3.8, 4) is 11.4 Å². The third-order valence-corrected chi connectivity index (χ3v) is 13.7. The molecule has 7 heterocycles. The Morgan fingerprint density at radius 3 is 1.92 bits per heavy atom. The number of pyridine rings is 1. The fourth-order valence-corrected chi connectivity index (χ4v) is 9.48. The number of hydrogen-bond acceptors (Lipinski definition) is 12. The molecule has 9 aromatic rings. The lowest BCUT2D eigenvalue weighted by molar-refractivity contribution is 0.313. The van der Waals surface area contributed by atoms with E-state index in [2.05, 4.69) is 113 Å². The number of nitrogens with zero attached hydrogens (tertiary/aromatic N) is 11. The van der Waals surface area contributed by atoms with E-state index in [1.807, 2.05) is 79.0 Å². The van der Waals surface area contributed by atoms with E-state index in [4.69, 9.17) is 33.0 Å². The van der Waals surface area contributed by atoms with E-state index >= 15 is 0 Å². The fraction of sp³-hybridized carbons (Fsp3) is 0.211. The summed E-state index contributed by atoms with van der Waals surface area (Å²) in [6.45, 7) is 15.5. The topological polar surface area (TPSA) is 161 Å². The SMILES string of the molecule is CN1CCN(c2ccc3c(c2)CC(c2ccc4c(c2)CC(c2cnc5ccccc5n2)=N4)=N3)CC1.CN1CCN(c2ccc3nc(-c4ccc(N)c(N)c4)[nH]c3c2)CC1.[C-]#[N+]c1ccc2ccccc2n1. The van der Waals surface area contributed by atoms with Crippen molar-refractivity contribution in [1.82, 2.24) is 34.7 Å². The number of likely N-dealkylation sites (N-methyl/N-ethyl adjacent to an activating group) is 2.